The minimum atomic E-state index is -0.910. The van der Waals surface area contributed by atoms with Crippen molar-refractivity contribution < 1.29 is 19.2 Å². The minimum absolute atomic E-state index is 0.128. The number of thiazole rings is 1. The molecule has 12 nitrogen and oxygen atoms in total. The van der Waals surface area contributed by atoms with Crippen molar-refractivity contribution in [2.24, 2.45) is 4.99 Å². The Morgan fingerprint density at radius 1 is 1.20 bits per heavy atom. The third kappa shape index (κ3) is 6.94. The Labute approximate surface area is 304 Å². The van der Waals surface area contributed by atoms with Gasteiger partial charge in [0.1, 0.15) is 11.8 Å². The number of carbonyl (C=O) groups excluding carboxylic acids is 1. The number of benzene rings is 3. The molecule has 49 heavy (non-hydrogen) atoms. The SMILES string of the molecule is CCOC(=O)C1=C(C)N=c2s/c(=C\c3ccc(Sc4n[nH]c(-c5ccc(Cl)cc5Cl)n4)c([N+](=O)[O-])c3)c(=O)n2[C@H]1c1cc(Br)ccc1OC. The van der Waals surface area contributed by atoms with Crippen molar-refractivity contribution in [2.45, 2.75) is 29.9 Å². The van der Waals surface area contributed by atoms with Gasteiger partial charge in [-0.2, -0.15) is 0 Å². The van der Waals surface area contributed by atoms with E-state index in [1.165, 1.54) is 17.7 Å². The molecule has 6 rings (SSSR count). The number of hydrogen-bond donors (Lipinski definition) is 1. The van der Waals surface area contributed by atoms with Gasteiger partial charge in [0.25, 0.3) is 11.2 Å². The number of hydrogen-bond acceptors (Lipinski definition) is 11. The number of carbonyl (C=O) groups is 1. The lowest BCUT2D eigenvalue weighted by atomic mass is 9.95. The number of methoxy groups -OCH3 is 1. The van der Waals surface area contributed by atoms with E-state index in [1.54, 1.807) is 68.5 Å². The van der Waals surface area contributed by atoms with Crippen molar-refractivity contribution in [3.63, 3.8) is 0 Å². The normalized spacial score (nSPS) is 14.4. The van der Waals surface area contributed by atoms with Crippen LogP contribution in [0.4, 0.5) is 5.69 Å². The van der Waals surface area contributed by atoms with E-state index in [1.807, 2.05) is 0 Å². The molecule has 0 unspecified atom stereocenters. The fourth-order valence-corrected chi connectivity index (χ4v) is 7.92. The van der Waals surface area contributed by atoms with Gasteiger partial charge < -0.3 is 9.47 Å². The van der Waals surface area contributed by atoms with Crippen LogP contribution in [0.25, 0.3) is 17.5 Å². The van der Waals surface area contributed by atoms with Crippen LogP contribution in [0.2, 0.25) is 10.0 Å². The molecule has 2 aromatic heterocycles. The number of aromatic amines is 1. The first kappa shape index (κ1) is 34.6. The summed E-state index contributed by atoms with van der Waals surface area (Å²) in [6.07, 6.45) is 1.55. The molecule has 0 aliphatic carbocycles. The van der Waals surface area contributed by atoms with Crippen LogP contribution in [0.5, 0.6) is 5.75 Å². The molecule has 0 bridgehead atoms. The van der Waals surface area contributed by atoms with E-state index in [4.69, 9.17) is 32.7 Å². The highest BCUT2D eigenvalue weighted by atomic mass is 79.9. The van der Waals surface area contributed by atoms with Crippen molar-refractivity contribution in [2.75, 3.05) is 13.7 Å². The maximum absolute atomic E-state index is 14.1. The van der Waals surface area contributed by atoms with E-state index in [-0.39, 0.29) is 32.5 Å². The number of ether oxygens (including phenoxy) is 2. The van der Waals surface area contributed by atoms with Gasteiger partial charge in [0.2, 0.25) is 5.16 Å². The quantitative estimate of drug-likeness (QED) is 0.0972. The highest BCUT2D eigenvalue weighted by molar-refractivity contribution is 9.10. The maximum Gasteiger partial charge on any atom is 0.338 e. The van der Waals surface area contributed by atoms with Crippen molar-refractivity contribution >= 4 is 80.0 Å². The van der Waals surface area contributed by atoms with E-state index >= 15 is 0 Å². The number of H-pyrrole nitrogens is 1. The van der Waals surface area contributed by atoms with E-state index < -0.39 is 22.5 Å². The first-order valence-corrected chi connectivity index (χ1v) is 17.5. The highest BCUT2D eigenvalue weighted by Crippen LogP contribution is 2.38. The summed E-state index contributed by atoms with van der Waals surface area (Å²) in [6, 6.07) is 13.9. The van der Waals surface area contributed by atoms with Gasteiger partial charge >= 0.3 is 5.97 Å². The molecule has 0 fully saturated rings. The Balaban J connectivity index is 1.40. The number of fused-ring (bicyclic) bond motifs is 1. The number of nitrogens with zero attached hydrogens (tertiary/aromatic N) is 5. The smallest absolute Gasteiger partial charge is 0.338 e. The van der Waals surface area contributed by atoms with Crippen LogP contribution in [-0.2, 0) is 9.53 Å². The van der Waals surface area contributed by atoms with E-state index in [0.717, 1.165) is 23.1 Å². The van der Waals surface area contributed by atoms with E-state index in [0.29, 0.717) is 53.3 Å². The molecule has 0 saturated carbocycles. The summed E-state index contributed by atoms with van der Waals surface area (Å²) in [5, 5.41) is 20.2. The summed E-state index contributed by atoms with van der Waals surface area (Å²) >= 11 is 17.9. The van der Waals surface area contributed by atoms with Crippen molar-refractivity contribution in [1.82, 2.24) is 19.7 Å². The monoisotopic (exact) mass is 800 g/mol. The Kier molecular flexibility index (Phi) is 10.1. The molecule has 0 spiro atoms. The number of nitro groups is 1. The minimum Gasteiger partial charge on any atom is -0.496 e. The van der Waals surface area contributed by atoms with Gasteiger partial charge in [-0.15, -0.1) is 5.10 Å². The molecule has 1 N–H and O–H groups in total. The van der Waals surface area contributed by atoms with Gasteiger partial charge in [-0.25, -0.2) is 14.8 Å². The number of rotatable bonds is 9. The summed E-state index contributed by atoms with van der Waals surface area (Å²) in [4.78, 5) is 48.7. The number of allylic oxidation sites excluding steroid dienone is 1. The predicted octanol–water partition coefficient (Wildman–Crippen LogP) is 6.72. The van der Waals surface area contributed by atoms with Crippen LogP contribution < -0.4 is 19.6 Å². The summed E-state index contributed by atoms with van der Waals surface area (Å²) in [6.45, 7) is 3.51. The first-order valence-electron chi connectivity index (χ1n) is 14.4. The van der Waals surface area contributed by atoms with Gasteiger partial charge in [-0.3, -0.25) is 24.6 Å². The third-order valence-electron chi connectivity index (χ3n) is 7.33. The average molecular weight is 803 g/mol. The average Bonchev–Trinajstić information content (AvgIpc) is 3.64. The lowest BCUT2D eigenvalue weighted by Gasteiger charge is -2.26. The van der Waals surface area contributed by atoms with Gasteiger partial charge in [-0.05, 0) is 79.7 Å². The van der Waals surface area contributed by atoms with Crippen molar-refractivity contribution in [1.29, 1.82) is 0 Å². The second-order valence-corrected chi connectivity index (χ2v) is 14.1. The fraction of sp³-hybridized carbons (Fsp3) is 0.156. The van der Waals surface area contributed by atoms with Crippen LogP contribution >= 0.6 is 62.2 Å². The largest absolute Gasteiger partial charge is 0.496 e. The fourth-order valence-electron chi connectivity index (χ4n) is 5.20. The molecule has 1 aliphatic rings. The van der Waals surface area contributed by atoms with Crippen LogP contribution in [0.3, 0.4) is 0 Å². The van der Waals surface area contributed by atoms with Crippen LogP contribution in [0, 0.1) is 10.1 Å². The van der Waals surface area contributed by atoms with Gasteiger partial charge in [0.05, 0.1) is 44.4 Å². The zero-order valence-electron chi connectivity index (χ0n) is 25.7. The molecule has 250 valence electrons. The van der Waals surface area contributed by atoms with Gasteiger partial charge in [0, 0.05) is 26.7 Å². The molecule has 3 heterocycles. The molecule has 1 aliphatic heterocycles. The number of esters is 1. The molecular formula is C32H23BrCl2N6O6S2. The zero-order valence-corrected chi connectivity index (χ0v) is 30.4. The Bertz CT molecular complexity index is 2370. The van der Waals surface area contributed by atoms with Crippen LogP contribution in [-0.4, -0.2) is 44.4 Å². The second kappa shape index (κ2) is 14.3. The molecule has 0 radical (unpaired) electrons. The van der Waals surface area contributed by atoms with Crippen LogP contribution in [0.15, 0.2) is 90.2 Å². The first-order chi connectivity index (χ1) is 23.5. The van der Waals surface area contributed by atoms with Gasteiger partial charge in [-0.1, -0.05) is 56.5 Å². The van der Waals surface area contributed by atoms with Crippen molar-refractivity contribution in [3.8, 4) is 17.1 Å². The third-order valence-corrected chi connectivity index (χ3v) is 10.3. The lowest BCUT2D eigenvalue weighted by molar-refractivity contribution is -0.387. The molecule has 17 heteroatoms. The Hall–Kier alpha value is -4.28. The zero-order chi connectivity index (χ0) is 35.0. The molecule has 0 saturated heterocycles. The topological polar surface area (TPSA) is 155 Å². The highest BCUT2D eigenvalue weighted by Gasteiger charge is 2.35. The second-order valence-electron chi connectivity index (χ2n) is 10.4. The Morgan fingerprint density at radius 2 is 2.00 bits per heavy atom. The van der Waals surface area contributed by atoms with E-state index in [2.05, 4.69) is 36.1 Å². The summed E-state index contributed by atoms with van der Waals surface area (Å²) in [7, 11) is 1.50. The van der Waals surface area contributed by atoms with Crippen molar-refractivity contribution in [3.05, 3.63) is 121 Å². The Morgan fingerprint density at radius 3 is 2.71 bits per heavy atom. The number of nitrogens with one attached hydrogen (secondary N) is 1. The maximum atomic E-state index is 14.1. The van der Waals surface area contributed by atoms with Gasteiger partial charge in [0.15, 0.2) is 10.6 Å². The molecular weight excluding hydrogens is 779 g/mol. The molecule has 3 aromatic carbocycles. The number of nitro benzene ring substituents is 1. The molecule has 5 aromatic rings. The van der Waals surface area contributed by atoms with Crippen LogP contribution in [0.1, 0.15) is 31.0 Å². The summed E-state index contributed by atoms with van der Waals surface area (Å²) in [5.41, 5.74) is 1.46. The van der Waals surface area contributed by atoms with E-state index in [9.17, 15) is 19.7 Å². The number of aromatic nitrogens is 4. The standard InChI is InChI=1S/C32H23BrCl2N6O6S2/c1-4-47-30(43)26-15(2)36-32-40(27(26)20-13-17(33)6-9-23(20)46-3)29(42)25(49-32)12-16-5-10-24(22(11-16)41(44)45)48-31-37-28(38-39-31)19-8-7-18(34)14-21(19)35/h5-14,27H,4H2,1-3H3,(H,37,38,39)/b25-12-/t27-/m0/s1. The predicted molar refractivity (Wildman–Crippen MR) is 190 cm³/mol. The summed E-state index contributed by atoms with van der Waals surface area (Å²) in [5.74, 6) is 0.222. The summed E-state index contributed by atoms with van der Waals surface area (Å²) < 4.78 is 13.4. The lowest BCUT2D eigenvalue weighted by Crippen LogP contribution is -2.40. The molecule has 1 atom stereocenters. The molecule has 0 amide bonds. The number of halogens is 3.